The first-order chi connectivity index (χ1) is 31.2. The molecule has 0 saturated carbocycles. The van der Waals surface area contributed by atoms with E-state index in [4.69, 9.17) is 19.4 Å². The molecule has 63 heavy (non-hydrogen) atoms. The third-order valence-electron chi connectivity index (χ3n) is 12.1. The highest BCUT2D eigenvalue weighted by molar-refractivity contribution is 6.16. The average Bonchev–Trinajstić information content (AvgIpc) is 3.75. The van der Waals surface area contributed by atoms with Crippen LogP contribution in [0.2, 0.25) is 0 Å². The molecule has 0 amide bonds. The zero-order valence-electron chi connectivity index (χ0n) is 34.1. The van der Waals surface area contributed by atoms with Crippen LogP contribution in [-0.4, -0.2) is 15.0 Å². The lowest BCUT2D eigenvalue weighted by Crippen LogP contribution is -1.96. The summed E-state index contributed by atoms with van der Waals surface area (Å²) >= 11 is 0. The molecule has 0 saturated heterocycles. The Hall–Kier alpha value is -8.47. The van der Waals surface area contributed by atoms with Crippen LogP contribution in [0.15, 0.2) is 229 Å². The van der Waals surface area contributed by atoms with Gasteiger partial charge in [0.25, 0.3) is 0 Å². The highest BCUT2D eigenvalue weighted by Gasteiger charge is 2.19. The van der Waals surface area contributed by atoms with Gasteiger partial charge in [0.15, 0.2) is 5.82 Å². The van der Waals surface area contributed by atoms with Gasteiger partial charge in [-0.25, -0.2) is 15.0 Å². The zero-order valence-corrected chi connectivity index (χ0v) is 34.1. The number of furan rings is 1. The predicted octanol–water partition coefficient (Wildman–Crippen LogP) is 15.7. The Morgan fingerprint density at radius 3 is 1.52 bits per heavy atom. The summed E-state index contributed by atoms with van der Waals surface area (Å²) in [4.78, 5) is 15.4. The van der Waals surface area contributed by atoms with E-state index in [1.165, 1.54) is 27.3 Å². The van der Waals surface area contributed by atoms with Crippen molar-refractivity contribution in [2.24, 2.45) is 0 Å². The Bertz CT molecular complexity index is 3580. The van der Waals surface area contributed by atoms with Crippen molar-refractivity contribution in [3.63, 3.8) is 0 Å². The predicted molar refractivity (Wildman–Crippen MR) is 260 cm³/mol. The van der Waals surface area contributed by atoms with E-state index in [2.05, 4.69) is 176 Å². The first-order valence-corrected chi connectivity index (χ1v) is 21.3. The molecule has 4 nitrogen and oxygen atoms in total. The van der Waals surface area contributed by atoms with Crippen LogP contribution in [0.3, 0.4) is 0 Å². The summed E-state index contributed by atoms with van der Waals surface area (Å²) in [5.41, 5.74) is 16.3. The summed E-state index contributed by atoms with van der Waals surface area (Å²) in [6.07, 6.45) is 0. The molecule has 294 valence electrons. The number of aromatic nitrogens is 3. The quantitative estimate of drug-likeness (QED) is 0.151. The Balaban J connectivity index is 0.980. The smallest absolute Gasteiger partial charge is 0.160 e. The van der Waals surface area contributed by atoms with Crippen molar-refractivity contribution in [1.29, 1.82) is 0 Å². The summed E-state index contributed by atoms with van der Waals surface area (Å²) in [5, 5.41) is 5.76. The van der Waals surface area contributed by atoms with Gasteiger partial charge in [-0.15, -0.1) is 0 Å². The second-order valence-electron chi connectivity index (χ2n) is 15.9. The number of rotatable bonds is 7. The van der Waals surface area contributed by atoms with Crippen LogP contribution in [0.25, 0.3) is 122 Å². The molecule has 3 heterocycles. The normalized spacial score (nSPS) is 11.5. The van der Waals surface area contributed by atoms with E-state index in [0.29, 0.717) is 5.82 Å². The van der Waals surface area contributed by atoms with Gasteiger partial charge in [-0.3, -0.25) is 0 Å². The van der Waals surface area contributed by atoms with Crippen molar-refractivity contribution in [1.82, 2.24) is 15.0 Å². The second kappa shape index (κ2) is 15.2. The fraction of sp³-hybridized carbons (Fsp3) is 0. The molecule has 9 aromatic carbocycles. The van der Waals surface area contributed by atoms with Crippen LogP contribution in [0.4, 0.5) is 0 Å². The molecule has 0 aliphatic rings. The molecule has 12 aromatic rings. The lowest BCUT2D eigenvalue weighted by Gasteiger charge is -2.15. The van der Waals surface area contributed by atoms with Gasteiger partial charge in [0, 0.05) is 44.0 Å². The van der Waals surface area contributed by atoms with Gasteiger partial charge >= 0.3 is 0 Å². The zero-order chi connectivity index (χ0) is 41.7. The number of para-hydroxylation sites is 1. The first kappa shape index (κ1) is 36.4. The summed E-state index contributed by atoms with van der Waals surface area (Å²) in [7, 11) is 0. The van der Waals surface area contributed by atoms with E-state index in [1.54, 1.807) is 0 Å². The van der Waals surface area contributed by atoms with Gasteiger partial charge in [0.2, 0.25) is 0 Å². The molecule has 0 atom stereocenters. The molecule has 0 aliphatic carbocycles. The van der Waals surface area contributed by atoms with Gasteiger partial charge in [-0.05, 0) is 68.9 Å². The molecule has 0 N–H and O–H groups in total. The van der Waals surface area contributed by atoms with E-state index in [-0.39, 0.29) is 0 Å². The molecule has 0 unspecified atom stereocenters. The largest absolute Gasteiger partial charge is 0.456 e. The summed E-state index contributed by atoms with van der Waals surface area (Å²) in [6, 6.07) is 78.6. The maximum absolute atomic E-state index is 6.47. The minimum atomic E-state index is 0.697. The van der Waals surface area contributed by atoms with Gasteiger partial charge in [0.05, 0.1) is 22.6 Å². The van der Waals surface area contributed by atoms with Crippen molar-refractivity contribution >= 4 is 43.6 Å². The Morgan fingerprint density at radius 2 is 0.825 bits per heavy atom. The SMILES string of the molecule is c1ccc(-c2cc(-c3ccc(-c4ccc5oc6ccccc6c5c4-c4ccc(-c5cc(-c6ccccc6)c6c(ccc7ccccc76)n5)cc4)cc3)nc(-c3ccccc3)n2)cc1. The summed E-state index contributed by atoms with van der Waals surface area (Å²) in [6.45, 7) is 0. The van der Waals surface area contributed by atoms with Crippen molar-refractivity contribution in [2.45, 2.75) is 0 Å². The van der Waals surface area contributed by atoms with Gasteiger partial charge < -0.3 is 4.42 Å². The third kappa shape index (κ3) is 6.53. The Kier molecular flexibility index (Phi) is 8.79. The summed E-state index contributed by atoms with van der Waals surface area (Å²) in [5.74, 6) is 0.697. The lowest BCUT2D eigenvalue weighted by molar-refractivity contribution is 0.669. The molecule has 0 spiro atoms. The van der Waals surface area contributed by atoms with E-state index in [9.17, 15) is 0 Å². The van der Waals surface area contributed by atoms with Crippen LogP contribution in [-0.2, 0) is 0 Å². The Morgan fingerprint density at radius 1 is 0.302 bits per heavy atom. The first-order valence-electron chi connectivity index (χ1n) is 21.3. The van der Waals surface area contributed by atoms with E-state index < -0.39 is 0 Å². The maximum Gasteiger partial charge on any atom is 0.160 e. The van der Waals surface area contributed by atoms with E-state index in [0.717, 1.165) is 89.0 Å². The molecule has 0 fully saturated rings. The molecule has 4 heteroatoms. The van der Waals surface area contributed by atoms with E-state index >= 15 is 0 Å². The fourth-order valence-electron chi connectivity index (χ4n) is 9.05. The van der Waals surface area contributed by atoms with Crippen molar-refractivity contribution < 1.29 is 4.42 Å². The van der Waals surface area contributed by atoms with Crippen LogP contribution in [0.5, 0.6) is 0 Å². The number of fused-ring (bicyclic) bond motifs is 6. The van der Waals surface area contributed by atoms with Crippen molar-refractivity contribution in [3.05, 3.63) is 224 Å². The van der Waals surface area contributed by atoms with Crippen LogP contribution < -0.4 is 0 Å². The average molecular weight is 804 g/mol. The molecular weight excluding hydrogens is 767 g/mol. The Labute approximate surface area is 364 Å². The fourth-order valence-corrected chi connectivity index (χ4v) is 9.05. The second-order valence-corrected chi connectivity index (χ2v) is 15.9. The van der Waals surface area contributed by atoms with Gasteiger partial charge in [-0.1, -0.05) is 194 Å². The molecule has 0 aliphatic heterocycles. The number of hydrogen-bond acceptors (Lipinski definition) is 4. The molecule has 3 aromatic heterocycles. The van der Waals surface area contributed by atoms with Gasteiger partial charge in [-0.2, -0.15) is 0 Å². The summed E-state index contributed by atoms with van der Waals surface area (Å²) < 4.78 is 6.47. The highest BCUT2D eigenvalue weighted by atomic mass is 16.3. The molecule has 0 radical (unpaired) electrons. The van der Waals surface area contributed by atoms with Crippen LogP contribution in [0.1, 0.15) is 0 Å². The highest BCUT2D eigenvalue weighted by Crippen LogP contribution is 2.44. The number of nitrogens with zero attached hydrogens (tertiary/aromatic N) is 3. The monoisotopic (exact) mass is 803 g/mol. The van der Waals surface area contributed by atoms with Crippen molar-refractivity contribution in [3.8, 4) is 78.5 Å². The number of hydrogen-bond donors (Lipinski definition) is 0. The minimum absolute atomic E-state index is 0.697. The number of pyridine rings is 1. The van der Waals surface area contributed by atoms with Crippen LogP contribution in [0, 0.1) is 0 Å². The molecule has 0 bridgehead atoms. The topological polar surface area (TPSA) is 51.8 Å². The molecular formula is C59H37N3O. The van der Waals surface area contributed by atoms with Gasteiger partial charge in [0.1, 0.15) is 11.2 Å². The van der Waals surface area contributed by atoms with Crippen LogP contribution >= 0.6 is 0 Å². The minimum Gasteiger partial charge on any atom is -0.456 e. The maximum atomic E-state index is 6.47. The van der Waals surface area contributed by atoms with Crippen molar-refractivity contribution in [2.75, 3.05) is 0 Å². The third-order valence-corrected chi connectivity index (χ3v) is 12.1. The number of benzene rings is 9. The van der Waals surface area contributed by atoms with E-state index in [1.807, 2.05) is 48.5 Å². The molecule has 12 rings (SSSR count). The lowest BCUT2D eigenvalue weighted by atomic mass is 9.89. The standard InChI is InChI=1S/C59H37N3O/c1-4-14-38(15-5-1)49-36-51(60-50-34-32-39-16-10-11-21-46(39)57(49)50)42-28-30-44(31-29-42)56-47(33-35-55-58(56)48-22-12-13-23-54(48)63-55)40-24-26-43(27-25-40)53-37-52(41-17-6-2-7-18-41)61-59(62-53)45-19-8-3-9-20-45/h1-37H.